The van der Waals surface area contributed by atoms with Gasteiger partial charge in [0.1, 0.15) is 19.0 Å². The van der Waals surface area contributed by atoms with Crippen LogP contribution in [-0.4, -0.2) is 45.3 Å². The van der Waals surface area contributed by atoms with E-state index in [-0.39, 0.29) is 6.04 Å². The Morgan fingerprint density at radius 1 is 0.829 bits per heavy atom. The summed E-state index contributed by atoms with van der Waals surface area (Å²) in [6, 6.07) is 17.9. The minimum absolute atomic E-state index is 0.0206. The molecule has 180 valence electrons. The summed E-state index contributed by atoms with van der Waals surface area (Å²) in [5.74, 6) is 4.02. The number of para-hydroxylation sites is 1. The third-order valence-corrected chi connectivity index (χ3v) is 6.55. The highest BCUT2D eigenvalue weighted by Gasteiger charge is 2.41. The number of fused-ring (bicyclic) bond motifs is 4. The average molecular weight is 475 g/mol. The number of hydrogen-bond donors (Lipinski definition) is 0. The van der Waals surface area contributed by atoms with Crippen LogP contribution in [0.25, 0.3) is 0 Å². The molecule has 0 bridgehead atoms. The Bertz CT molecular complexity index is 1280. The van der Waals surface area contributed by atoms with Crippen molar-refractivity contribution >= 4 is 5.71 Å². The molecule has 0 spiro atoms. The zero-order valence-corrected chi connectivity index (χ0v) is 19.8. The molecule has 0 fully saturated rings. The average Bonchev–Trinajstić information content (AvgIpc) is 3.37. The fourth-order valence-corrected chi connectivity index (χ4v) is 4.90. The Balaban J connectivity index is 1.44. The van der Waals surface area contributed by atoms with Crippen LogP contribution in [0.3, 0.4) is 0 Å². The third-order valence-electron chi connectivity index (χ3n) is 6.55. The second-order valence-electron chi connectivity index (χ2n) is 8.47. The molecule has 0 radical (unpaired) electrons. The molecule has 3 heterocycles. The number of methoxy groups -OCH3 is 3. The van der Waals surface area contributed by atoms with Gasteiger partial charge in [-0.1, -0.05) is 18.2 Å². The van der Waals surface area contributed by atoms with Crippen LogP contribution >= 0.6 is 0 Å². The molecule has 0 saturated carbocycles. The van der Waals surface area contributed by atoms with Crippen molar-refractivity contribution in [3.8, 4) is 34.5 Å². The van der Waals surface area contributed by atoms with Crippen LogP contribution in [0.5, 0.6) is 34.5 Å². The lowest BCUT2D eigenvalue weighted by Gasteiger charge is -2.38. The highest BCUT2D eigenvalue weighted by molar-refractivity contribution is 6.02. The molecular weight excluding hydrogens is 448 g/mol. The van der Waals surface area contributed by atoms with Gasteiger partial charge >= 0.3 is 0 Å². The van der Waals surface area contributed by atoms with E-state index >= 15 is 0 Å². The second-order valence-corrected chi connectivity index (χ2v) is 8.47. The highest BCUT2D eigenvalue weighted by Crippen LogP contribution is 2.50. The van der Waals surface area contributed by atoms with E-state index < -0.39 is 6.23 Å². The maximum atomic E-state index is 6.50. The molecule has 0 aromatic heterocycles. The van der Waals surface area contributed by atoms with Crippen molar-refractivity contribution in [1.82, 2.24) is 5.01 Å². The van der Waals surface area contributed by atoms with E-state index in [1.807, 2.05) is 53.5 Å². The Morgan fingerprint density at radius 2 is 1.57 bits per heavy atom. The maximum absolute atomic E-state index is 6.50. The van der Waals surface area contributed by atoms with Crippen molar-refractivity contribution in [1.29, 1.82) is 0 Å². The summed E-state index contributed by atoms with van der Waals surface area (Å²) in [5, 5.41) is 7.08. The van der Waals surface area contributed by atoms with Gasteiger partial charge in [0.15, 0.2) is 23.0 Å². The summed E-state index contributed by atoms with van der Waals surface area (Å²) in [7, 11) is 4.80. The fourth-order valence-electron chi connectivity index (χ4n) is 4.90. The molecule has 3 aliphatic heterocycles. The van der Waals surface area contributed by atoms with Gasteiger partial charge < -0.3 is 28.4 Å². The normalized spacial score (nSPS) is 19.7. The summed E-state index contributed by atoms with van der Waals surface area (Å²) in [6.45, 7) is 1.11. The van der Waals surface area contributed by atoms with E-state index in [9.17, 15) is 0 Å². The largest absolute Gasteiger partial charge is 0.493 e. The minimum Gasteiger partial charge on any atom is -0.493 e. The minimum atomic E-state index is -0.474. The molecule has 3 aromatic carbocycles. The van der Waals surface area contributed by atoms with E-state index in [2.05, 4.69) is 6.07 Å². The van der Waals surface area contributed by atoms with E-state index in [0.29, 0.717) is 30.5 Å². The second kappa shape index (κ2) is 8.61. The lowest BCUT2D eigenvalue weighted by atomic mass is 9.95. The molecule has 0 aliphatic carbocycles. The van der Waals surface area contributed by atoms with E-state index in [1.54, 1.807) is 21.3 Å². The van der Waals surface area contributed by atoms with Crippen molar-refractivity contribution in [3.63, 3.8) is 0 Å². The van der Waals surface area contributed by atoms with Crippen LogP contribution in [0.4, 0.5) is 0 Å². The third kappa shape index (κ3) is 3.56. The maximum Gasteiger partial charge on any atom is 0.214 e. The lowest BCUT2D eigenvalue weighted by molar-refractivity contribution is -0.0192. The fraction of sp³-hybridized carbons (Fsp3) is 0.296. The summed E-state index contributed by atoms with van der Waals surface area (Å²) < 4.78 is 34.7. The molecule has 35 heavy (non-hydrogen) atoms. The van der Waals surface area contributed by atoms with Crippen molar-refractivity contribution in [3.05, 3.63) is 71.3 Å². The molecular formula is C27H26N2O6. The summed E-state index contributed by atoms with van der Waals surface area (Å²) >= 11 is 0. The molecule has 3 aromatic rings. The van der Waals surface area contributed by atoms with E-state index in [4.69, 9.17) is 33.5 Å². The van der Waals surface area contributed by atoms with Gasteiger partial charge in [0.05, 0.1) is 33.1 Å². The molecule has 3 aliphatic rings. The zero-order valence-electron chi connectivity index (χ0n) is 19.8. The predicted molar refractivity (Wildman–Crippen MR) is 129 cm³/mol. The van der Waals surface area contributed by atoms with E-state index in [1.165, 1.54) is 0 Å². The number of nitrogens with zero attached hydrogens (tertiary/aromatic N) is 2. The van der Waals surface area contributed by atoms with Gasteiger partial charge in [-0.25, -0.2) is 5.01 Å². The van der Waals surface area contributed by atoms with Crippen LogP contribution in [0, 0.1) is 0 Å². The van der Waals surface area contributed by atoms with E-state index in [0.717, 1.165) is 46.1 Å². The van der Waals surface area contributed by atoms with Crippen LogP contribution in [0.2, 0.25) is 0 Å². The Hall–Kier alpha value is -4.07. The van der Waals surface area contributed by atoms with Gasteiger partial charge in [-0.05, 0) is 36.4 Å². The predicted octanol–water partition coefficient (Wildman–Crippen LogP) is 4.73. The first-order valence-electron chi connectivity index (χ1n) is 11.5. The van der Waals surface area contributed by atoms with Gasteiger partial charge in [-0.2, -0.15) is 5.10 Å². The smallest absolute Gasteiger partial charge is 0.214 e. The van der Waals surface area contributed by atoms with Crippen molar-refractivity contribution in [2.45, 2.75) is 18.7 Å². The number of hydrogen-bond acceptors (Lipinski definition) is 8. The Labute approximate surface area is 203 Å². The summed E-state index contributed by atoms with van der Waals surface area (Å²) in [6.07, 6.45) is 0.263. The molecule has 0 unspecified atom stereocenters. The van der Waals surface area contributed by atoms with Gasteiger partial charge in [0.2, 0.25) is 12.0 Å². The zero-order chi connectivity index (χ0) is 23.9. The molecule has 0 amide bonds. The molecule has 8 heteroatoms. The number of benzene rings is 3. The van der Waals surface area contributed by atoms with Crippen LogP contribution in [-0.2, 0) is 0 Å². The lowest BCUT2D eigenvalue weighted by Crippen LogP contribution is -2.33. The number of hydrazone groups is 1. The summed E-state index contributed by atoms with van der Waals surface area (Å²) in [4.78, 5) is 0. The molecule has 2 atom stereocenters. The van der Waals surface area contributed by atoms with Crippen LogP contribution in [0.1, 0.15) is 35.4 Å². The van der Waals surface area contributed by atoms with Gasteiger partial charge in [0, 0.05) is 23.1 Å². The standard InChI is InChI=1S/C27H26N2O6/c1-30-24-13-17(14-25(31-2)26(24)32-3)27-29-20(18-6-4-5-7-21(18)35-27)15-19(28-29)16-8-9-22-23(12-16)34-11-10-33-22/h4-9,12-14,20,27H,10-11,15H2,1-3H3/t20-,27-/m0/s1. The van der Waals surface area contributed by atoms with Crippen molar-refractivity contribution in [2.24, 2.45) is 5.10 Å². The topological polar surface area (TPSA) is 71.0 Å². The monoisotopic (exact) mass is 474 g/mol. The number of rotatable bonds is 5. The molecule has 0 N–H and O–H groups in total. The van der Waals surface area contributed by atoms with Crippen molar-refractivity contribution < 1.29 is 28.4 Å². The summed E-state index contributed by atoms with van der Waals surface area (Å²) in [5.41, 5.74) is 3.92. The van der Waals surface area contributed by atoms with Crippen LogP contribution < -0.4 is 28.4 Å². The van der Waals surface area contributed by atoms with Crippen LogP contribution in [0.15, 0.2) is 59.7 Å². The highest BCUT2D eigenvalue weighted by atomic mass is 16.6. The molecule has 6 rings (SSSR count). The SMILES string of the molecule is COc1cc([C@@H]2Oc3ccccc3[C@@H]3CC(c4ccc5c(c4)OCCO5)=NN32)cc(OC)c1OC. The van der Waals surface area contributed by atoms with Gasteiger partial charge in [-0.15, -0.1) is 0 Å². The quantitative estimate of drug-likeness (QED) is 0.530. The Kier molecular flexibility index (Phi) is 5.28. The first-order chi connectivity index (χ1) is 17.2. The molecule has 8 nitrogen and oxygen atoms in total. The van der Waals surface area contributed by atoms with Gasteiger partial charge in [-0.3, -0.25) is 0 Å². The Morgan fingerprint density at radius 3 is 2.31 bits per heavy atom. The van der Waals surface area contributed by atoms with Crippen molar-refractivity contribution in [2.75, 3.05) is 34.5 Å². The van der Waals surface area contributed by atoms with Gasteiger partial charge in [0.25, 0.3) is 0 Å². The first-order valence-corrected chi connectivity index (χ1v) is 11.5. The molecule has 0 saturated heterocycles. The first kappa shape index (κ1) is 21.5. The number of ether oxygens (including phenoxy) is 6.